The van der Waals surface area contributed by atoms with E-state index in [9.17, 15) is 5.11 Å². The molecule has 0 aliphatic heterocycles. The maximum atomic E-state index is 9.94. The Kier molecular flexibility index (Phi) is 5.64. The van der Waals surface area contributed by atoms with Gasteiger partial charge in [-0.3, -0.25) is 0 Å². The predicted octanol–water partition coefficient (Wildman–Crippen LogP) is 4.64. The molecule has 0 fully saturated rings. The van der Waals surface area contributed by atoms with E-state index in [1.54, 1.807) is 0 Å². The van der Waals surface area contributed by atoms with Crippen LogP contribution < -0.4 is 5.32 Å². The zero-order chi connectivity index (χ0) is 14.5. The second kappa shape index (κ2) is 7.25. The van der Waals surface area contributed by atoms with Crippen LogP contribution in [0.15, 0.2) is 51.4 Å². The van der Waals surface area contributed by atoms with E-state index in [0.717, 1.165) is 20.9 Å². The predicted molar refractivity (Wildman–Crippen MR) is 90.0 cm³/mol. The van der Waals surface area contributed by atoms with Crippen molar-refractivity contribution in [2.24, 2.45) is 0 Å². The highest BCUT2D eigenvalue weighted by atomic mass is 79.9. The summed E-state index contributed by atoms with van der Waals surface area (Å²) in [6.45, 7) is 2.81. The molecule has 2 aromatic rings. The molecule has 0 aromatic heterocycles. The van der Waals surface area contributed by atoms with Crippen LogP contribution in [0.1, 0.15) is 18.1 Å². The summed E-state index contributed by atoms with van der Waals surface area (Å²) < 4.78 is 1.83. The molecule has 2 N–H and O–H groups in total. The number of nitrogens with one attached hydrogen (secondary N) is 1. The van der Waals surface area contributed by atoms with Gasteiger partial charge in [-0.15, -0.1) is 0 Å². The summed E-state index contributed by atoms with van der Waals surface area (Å²) in [5, 5.41) is 13.4. The van der Waals surface area contributed by atoms with Gasteiger partial charge < -0.3 is 10.4 Å². The van der Waals surface area contributed by atoms with Gasteiger partial charge in [0.1, 0.15) is 5.75 Å². The Morgan fingerprint density at radius 3 is 2.50 bits per heavy atom. The first-order valence-corrected chi connectivity index (χ1v) is 8.09. The van der Waals surface area contributed by atoms with Gasteiger partial charge >= 0.3 is 0 Å². The molecular formula is C16H17Br2NO. The van der Waals surface area contributed by atoms with Crippen molar-refractivity contribution in [2.45, 2.75) is 25.9 Å². The molecule has 0 amide bonds. The van der Waals surface area contributed by atoms with Crippen molar-refractivity contribution < 1.29 is 5.11 Å². The second-order valence-corrected chi connectivity index (χ2v) is 6.63. The minimum atomic E-state index is 0.316. The highest BCUT2D eigenvalue weighted by Gasteiger charge is 2.07. The average Bonchev–Trinajstić information content (AvgIpc) is 2.43. The summed E-state index contributed by atoms with van der Waals surface area (Å²) in [5.74, 6) is 0.316. The van der Waals surface area contributed by atoms with Crippen molar-refractivity contribution in [2.75, 3.05) is 0 Å². The van der Waals surface area contributed by atoms with E-state index >= 15 is 0 Å². The fourth-order valence-corrected chi connectivity index (χ4v) is 2.70. The summed E-state index contributed by atoms with van der Waals surface area (Å²) >= 11 is 6.77. The van der Waals surface area contributed by atoms with Crippen LogP contribution in [0.25, 0.3) is 0 Å². The number of aromatic hydroxyl groups is 1. The number of hydrogen-bond acceptors (Lipinski definition) is 2. The lowest BCUT2D eigenvalue weighted by molar-refractivity contribution is 0.455. The number of halogens is 2. The van der Waals surface area contributed by atoms with Crippen molar-refractivity contribution in [3.8, 4) is 5.75 Å². The largest absolute Gasteiger partial charge is 0.506 e. The first kappa shape index (κ1) is 15.5. The Hall–Kier alpha value is -0.840. The smallest absolute Gasteiger partial charge is 0.134 e. The number of phenols is 1. The van der Waals surface area contributed by atoms with Gasteiger partial charge in [-0.05, 0) is 53.0 Å². The standard InChI is InChI=1S/C16H17Br2NO/c1-11(9-12-5-7-14(17)8-6-12)19-10-13-3-2-4-15(18)16(13)20/h2-8,11,19-20H,9-10H2,1H3. The van der Waals surface area contributed by atoms with E-state index in [1.165, 1.54) is 5.56 Å². The zero-order valence-corrected chi connectivity index (χ0v) is 14.4. The molecule has 2 nitrogen and oxygen atoms in total. The minimum absolute atomic E-state index is 0.316. The monoisotopic (exact) mass is 397 g/mol. The fraction of sp³-hybridized carbons (Fsp3) is 0.250. The Morgan fingerprint density at radius 1 is 1.10 bits per heavy atom. The molecule has 0 aliphatic rings. The SMILES string of the molecule is CC(Cc1ccc(Br)cc1)NCc1cccc(Br)c1O. The van der Waals surface area contributed by atoms with Crippen molar-refractivity contribution in [1.82, 2.24) is 5.32 Å². The van der Waals surface area contributed by atoms with Crippen LogP contribution in [0.5, 0.6) is 5.75 Å². The third-order valence-electron chi connectivity index (χ3n) is 3.17. The Labute approximate surface area is 136 Å². The van der Waals surface area contributed by atoms with Gasteiger partial charge in [0, 0.05) is 22.6 Å². The summed E-state index contributed by atoms with van der Waals surface area (Å²) in [4.78, 5) is 0. The van der Waals surface area contributed by atoms with Gasteiger partial charge in [-0.2, -0.15) is 0 Å². The highest BCUT2D eigenvalue weighted by Crippen LogP contribution is 2.27. The Morgan fingerprint density at radius 2 is 1.80 bits per heavy atom. The molecule has 106 valence electrons. The normalized spacial score (nSPS) is 12.3. The van der Waals surface area contributed by atoms with Gasteiger partial charge in [0.2, 0.25) is 0 Å². The maximum Gasteiger partial charge on any atom is 0.134 e. The van der Waals surface area contributed by atoms with Crippen LogP contribution >= 0.6 is 31.9 Å². The van der Waals surface area contributed by atoms with Crippen molar-refractivity contribution >= 4 is 31.9 Å². The van der Waals surface area contributed by atoms with E-state index in [2.05, 4.69) is 68.4 Å². The third kappa shape index (κ3) is 4.33. The van der Waals surface area contributed by atoms with Crippen LogP contribution in [-0.4, -0.2) is 11.1 Å². The average molecular weight is 399 g/mol. The molecule has 2 rings (SSSR count). The summed E-state index contributed by atoms with van der Waals surface area (Å²) in [7, 11) is 0. The lowest BCUT2D eigenvalue weighted by Gasteiger charge is -2.15. The van der Waals surface area contributed by atoms with Crippen molar-refractivity contribution in [3.05, 3.63) is 62.5 Å². The minimum Gasteiger partial charge on any atom is -0.506 e. The highest BCUT2D eigenvalue weighted by molar-refractivity contribution is 9.10. The fourth-order valence-electron chi connectivity index (χ4n) is 2.03. The lowest BCUT2D eigenvalue weighted by Crippen LogP contribution is -2.27. The van der Waals surface area contributed by atoms with Crippen LogP contribution in [0, 0.1) is 0 Å². The van der Waals surface area contributed by atoms with Crippen LogP contribution in [-0.2, 0) is 13.0 Å². The van der Waals surface area contributed by atoms with Gasteiger partial charge in [-0.25, -0.2) is 0 Å². The van der Waals surface area contributed by atoms with Crippen LogP contribution in [0.2, 0.25) is 0 Å². The number of para-hydroxylation sites is 1. The molecule has 1 unspecified atom stereocenters. The Bertz CT molecular complexity index is 569. The molecule has 0 heterocycles. The molecule has 0 aliphatic carbocycles. The van der Waals surface area contributed by atoms with E-state index in [-0.39, 0.29) is 0 Å². The molecule has 20 heavy (non-hydrogen) atoms. The maximum absolute atomic E-state index is 9.94. The lowest BCUT2D eigenvalue weighted by atomic mass is 10.1. The topological polar surface area (TPSA) is 32.3 Å². The molecule has 0 saturated carbocycles. The summed E-state index contributed by atoms with van der Waals surface area (Å²) in [6, 6.07) is 14.4. The third-order valence-corrected chi connectivity index (χ3v) is 4.34. The van der Waals surface area contributed by atoms with Crippen LogP contribution in [0.3, 0.4) is 0 Å². The van der Waals surface area contributed by atoms with E-state index < -0.39 is 0 Å². The molecule has 0 bridgehead atoms. The van der Waals surface area contributed by atoms with E-state index in [0.29, 0.717) is 18.3 Å². The first-order valence-electron chi connectivity index (χ1n) is 6.50. The number of benzene rings is 2. The first-order chi connectivity index (χ1) is 9.56. The van der Waals surface area contributed by atoms with Gasteiger partial charge in [-0.1, -0.05) is 40.2 Å². The van der Waals surface area contributed by atoms with Crippen LogP contribution in [0.4, 0.5) is 0 Å². The molecule has 0 radical (unpaired) electrons. The molecule has 0 saturated heterocycles. The number of rotatable bonds is 5. The molecule has 2 aromatic carbocycles. The van der Waals surface area contributed by atoms with Gasteiger partial charge in [0.15, 0.2) is 0 Å². The van der Waals surface area contributed by atoms with Crippen molar-refractivity contribution in [1.29, 1.82) is 0 Å². The zero-order valence-electron chi connectivity index (χ0n) is 11.2. The molecular weight excluding hydrogens is 382 g/mol. The molecule has 0 spiro atoms. The molecule has 4 heteroatoms. The Balaban J connectivity index is 1.90. The quantitative estimate of drug-likeness (QED) is 0.768. The second-order valence-electron chi connectivity index (χ2n) is 4.86. The van der Waals surface area contributed by atoms with E-state index in [4.69, 9.17) is 0 Å². The van der Waals surface area contributed by atoms with Gasteiger partial charge in [0.25, 0.3) is 0 Å². The number of hydrogen-bond donors (Lipinski definition) is 2. The van der Waals surface area contributed by atoms with Gasteiger partial charge in [0.05, 0.1) is 4.47 Å². The van der Waals surface area contributed by atoms with Crippen molar-refractivity contribution in [3.63, 3.8) is 0 Å². The number of phenolic OH excluding ortho intramolecular Hbond substituents is 1. The summed E-state index contributed by atoms with van der Waals surface area (Å²) in [5.41, 5.74) is 2.20. The molecule has 1 atom stereocenters. The summed E-state index contributed by atoms with van der Waals surface area (Å²) in [6.07, 6.45) is 0.960. The van der Waals surface area contributed by atoms with E-state index in [1.807, 2.05) is 18.2 Å².